The van der Waals surface area contributed by atoms with E-state index < -0.39 is 30.1 Å². The fourth-order valence-electron chi connectivity index (χ4n) is 2.37. The minimum absolute atomic E-state index is 0.0946. The van der Waals surface area contributed by atoms with Crippen LogP contribution in [0.3, 0.4) is 0 Å². The van der Waals surface area contributed by atoms with Crippen LogP contribution >= 0.6 is 11.3 Å². The van der Waals surface area contributed by atoms with E-state index in [0.29, 0.717) is 18.5 Å². The van der Waals surface area contributed by atoms with Gasteiger partial charge < -0.3 is 15.3 Å². The van der Waals surface area contributed by atoms with Crippen molar-refractivity contribution < 1.29 is 27.9 Å². The lowest BCUT2D eigenvalue weighted by Gasteiger charge is -2.32. The number of piperidine rings is 1. The molecule has 0 aromatic carbocycles. The van der Waals surface area contributed by atoms with Crippen LogP contribution in [0.15, 0.2) is 5.38 Å². The summed E-state index contributed by atoms with van der Waals surface area (Å²) in [4.78, 5) is 28.0. The van der Waals surface area contributed by atoms with E-state index in [1.807, 2.05) is 5.32 Å². The first kappa shape index (κ1) is 17.5. The molecule has 1 aliphatic heterocycles. The fraction of sp³-hybridized carbons (Fsp3) is 0.615. The highest BCUT2D eigenvalue weighted by molar-refractivity contribution is 7.09. The van der Waals surface area contributed by atoms with Gasteiger partial charge in [0.25, 0.3) is 0 Å². The van der Waals surface area contributed by atoms with Crippen LogP contribution in [0.2, 0.25) is 0 Å². The molecule has 10 heteroatoms. The van der Waals surface area contributed by atoms with E-state index in [0.717, 1.165) is 16.2 Å². The molecule has 2 rings (SSSR count). The third-order valence-corrected chi connectivity index (χ3v) is 4.56. The first-order valence-electron chi connectivity index (χ1n) is 6.95. The molecular formula is C13H16F3N3O3S. The smallest absolute Gasteiger partial charge is 0.415 e. The van der Waals surface area contributed by atoms with Crippen molar-refractivity contribution in [1.82, 2.24) is 15.2 Å². The molecule has 23 heavy (non-hydrogen) atoms. The van der Waals surface area contributed by atoms with Crippen molar-refractivity contribution in [2.75, 3.05) is 13.1 Å². The fourth-order valence-corrected chi connectivity index (χ4v) is 3.24. The third kappa shape index (κ3) is 4.34. The summed E-state index contributed by atoms with van der Waals surface area (Å²) < 4.78 is 39.6. The van der Waals surface area contributed by atoms with Gasteiger partial charge in [-0.25, -0.2) is 9.78 Å². The molecule has 0 saturated carbocycles. The lowest BCUT2D eigenvalue weighted by atomic mass is 9.99. The van der Waals surface area contributed by atoms with Crippen LogP contribution in [0.5, 0.6) is 0 Å². The topological polar surface area (TPSA) is 82.5 Å². The summed E-state index contributed by atoms with van der Waals surface area (Å²) in [5.41, 5.74) is 0.442. The molecule has 1 saturated heterocycles. The minimum Gasteiger partial charge on any atom is -0.481 e. The van der Waals surface area contributed by atoms with Crippen molar-refractivity contribution >= 4 is 23.3 Å². The molecule has 6 nitrogen and oxygen atoms in total. The molecule has 0 bridgehead atoms. The number of nitrogens with one attached hydrogen (secondary N) is 1. The van der Waals surface area contributed by atoms with Crippen LogP contribution in [-0.4, -0.2) is 46.3 Å². The average molecular weight is 351 g/mol. The molecule has 0 spiro atoms. The first-order valence-corrected chi connectivity index (χ1v) is 7.83. The number of aliphatic carboxylic acids is 1. The third-order valence-electron chi connectivity index (χ3n) is 3.54. The van der Waals surface area contributed by atoms with Gasteiger partial charge in [0.05, 0.1) is 5.92 Å². The van der Waals surface area contributed by atoms with E-state index in [2.05, 4.69) is 4.98 Å². The standard InChI is InChI=1S/C13H16F3N3O3S/c1-7-6-23-10(17-7)9(13(14,15)16)18-12(22)19-4-2-3-8(5-19)11(20)21/h6,8-9H,2-5H2,1H3,(H,18,22)(H,20,21). The van der Waals surface area contributed by atoms with Crippen LogP contribution < -0.4 is 5.32 Å². The predicted molar refractivity (Wildman–Crippen MR) is 76.1 cm³/mol. The summed E-state index contributed by atoms with van der Waals surface area (Å²) in [5.74, 6) is -1.80. The largest absolute Gasteiger partial charge is 0.481 e. The van der Waals surface area contributed by atoms with Gasteiger partial charge in [0.1, 0.15) is 5.01 Å². The maximum Gasteiger partial charge on any atom is 0.415 e. The number of carbonyl (C=O) groups is 2. The summed E-state index contributed by atoms with van der Waals surface area (Å²) in [5, 5.41) is 12.1. The Labute approximate surface area is 134 Å². The number of rotatable bonds is 3. The zero-order chi connectivity index (χ0) is 17.2. The number of thiazole rings is 1. The van der Waals surface area contributed by atoms with E-state index in [9.17, 15) is 22.8 Å². The first-order chi connectivity index (χ1) is 10.7. The molecule has 128 valence electrons. The molecule has 2 heterocycles. The van der Waals surface area contributed by atoms with Crippen LogP contribution in [0.25, 0.3) is 0 Å². The van der Waals surface area contributed by atoms with Gasteiger partial charge in [-0.15, -0.1) is 11.3 Å². The van der Waals surface area contributed by atoms with Gasteiger partial charge in [-0.3, -0.25) is 4.79 Å². The number of amides is 2. The number of urea groups is 1. The number of hydrogen-bond acceptors (Lipinski definition) is 4. The lowest BCUT2D eigenvalue weighted by molar-refractivity contribution is -0.155. The summed E-state index contributed by atoms with van der Waals surface area (Å²) in [6.45, 7) is 1.71. The van der Waals surface area contributed by atoms with Gasteiger partial charge in [0.2, 0.25) is 0 Å². The Morgan fingerprint density at radius 3 is 2.74 bits per heavy atom. The molecule has 2 atom stereocenters. The van der Waals surface area contributed by atoms with Gasteiger partial charge in [-0.05, 0) is 19.8 Å². The van der Waals surface area contributed by atoms with Gasteiger partial charge in [0.15, 0.2) is 6.04 Å². The highest BCUT2D eigenvalue weighted by Crippen LogP contribution is 2.34. The van der Waals surface area contributed by atoms with E-state index in [4.69, 9.17) is 5.11 Å². The van der Waals surface area contributed by atoms with Crippen LogP contribution in [0.1, 0.15) is 29.6 Å². The van der Waals surface area contributed by atoms with Crippen molar-refractivity contribution in [2.24, 2.45) is 5.92 Å². The Morgan fingerprint density at radius 1 is 1.52 bits per heavy atom. The molecule has 1 fully saturated rings. The van der Waals surface area contributed by atoms with E-state index in [-0.39, 0.29) is 18.1 Å². The second-order valence-corrected chi connectivity index (χ2v) is 6.26. The van der Waals surface area contributed by atoms with Crippen molar-refractivity contribution in [3.63, 3.8) is 0 Å². The van der Waals surface area contributed by atoms with Crippen LogP contribution in [0, 0.1) is 12.8 Å². The zero-order valence-electron chi connectivity index (χ0n) is 12.3. The zero-order valence-corrected chi connectivity index (χ0v) is 13.1. The molecule has 1 aliphatic rings. The molecule has 2 amide bonds. The second kappa shape index (κ2) is 6.73. The van der Waals surface area contributed by atoms with Crippen LogP contribution in [0.4, 0.5) is 18.0 Å². The monoisotopic (exact) mass is 351 g/mol. The maximum atomic E-state index is 13.2. The Bertz CT molecular complexity index is 591. The van der Waals surface area contributed by atoms with Crippen molar-refractivity contribution in [2.45, 2.75) is 32.0 Å². The Hall–Kier alpha value is -1.84. The predicted octanol–water partition coefficient (Wildman–Crippen LogP) is 2.56. The number of carbonyl (C=O) groups excluding carboxylic acids is 1. The van der Waals surface area contributed by atoms with E-state index >= 15 is 0 Å². The SMILES string of the molecule is Cc1csc(C(NC(=O)N2CCCC(C(=O)O)C2)C(F)(F)F)n1. The number of likely N-dealkylation sites (tertiary alicyclic amines) is 1. The summed E-state index contributed by atoms with van der Waals surface area (Å²) >= 11 is 0.820. The second-order valence-electron chi connectivity index (χ2n) is 5.37. The highest BCUT2D eigenvalue weighted by Gasteiger charge is 2.44. The van der Waals surface area contributed by atoms with Gasteiger partial charge in [-0.2, -0.15) is 13.2 Å². The van der Waals surface area contributed by atoms with Crippen molar-refractivity contribution in [1.29, 1.82) is 0 Å². The molecule has 2 unspecified atom stereocenters. The summed E-state index contributed by atoms with van der Waals surface area (Å²) in [7, 11) is 0. The molecule has 0 aliphatic carbocycles. The number of carboxylic acids is 1. The number of hydrogen-bond donors (Lipinski definition) is 2. The Balaban J connectivity index is 2.10. The summed E-state index contributed by atoms with van der Waals surface area (Å²) in [6.07, 6.45) is -3.83. The molecular weight excluding hydrogens is 335 g/mol. The van der Waals surface area contributed by atoms with Crippen LogP contribution in [-0.2, 0) is 4.79 Å². The van der Waals surface area contributed by atoms with E-state index in [1.165, 1.54) is 5.38 Å². The number of nitrogens with zero attached hydrogens (tertiary/aromatic N) is 2. The summed E-state index contributed by atoms with van der Waals surface area (Å²) in [6, 6.07) is -3.12. The van der Waals surface area contributed by atoms with E-state index in [1.54, 1.807) is 6.92 Å². The number of aromatic nitrogens is 1. The Kier molecular flexibility index (Phi) is 5.12. The normalized spacial score (nSPS) is 20.2. The van der Waals surface area contributed by atoms with Crippen molar-refractivity contribution in [3.05, 3.63) is 16.1 Å². The van der Waals surface area contributed by atoms with Crippen molar-refractivity contribution in [3.8, 4) is 0 Å². The number of aryl methyl sites for hydroxylation is 1. The minimum atomic E-state index is -4.68. The van der Waals surface area contributed by atoms with Gasteiger partial charge in [-0.1, -0.05) is 0 Å². The highest BCUT2D eigenvalue weighted by atomic mass is 32.1. The molecule has 1 aromatic rings. The average Bonchev–Trinajstić information content (AvgIpc) is 2.89. The quantitative estimate of drug-likeness (QED) is 0.877. The molecule has 0 radical (unpaired) electrons. The lowest BCUT2D eigenvalue weighted by Crippen LogP contribution is -2.50. The number of alkyl halides is 3. The van der Waals surface area contributed by atoms with Gasteiger partial charge in [0, 0.05) is 24.2 Å². The molecule has 2 N–H and O–H groups in total. The maximum absolute atomic E-state index is 13.2. The number of carboxylic acid groups (broad SMARTS) is 1. The number of halogens is 3. The van der Waals surface area contributed by atoms with Gasteiger partial charge >= 0.3 is 18.2 Å². The molecule has 1 aromatic heterocycles. The Morgan fingerprint density at radius 2 is 2.22 bits per heavy atom.